The third-order valence-corrected chi connectivity index (χ3v) is 6.26. The first-order chi connectivity index (χ1) is 12.5. The number of methoxy groups -OCH3 is 1. The van der Waals surface area contributed by atoms with Crippen LogP contribution in [0.2, 0.25) is 10.0 Å². The van der Waals surface area contributed by atoms with Gasteiger partial charge in [-0.2, -0.15) is 8.78 Å². The van der Waals surface area contributed by atoms with Crippen molar-refractivity contribution < 1.29 is 26.7 Å². The largest absolute Gasteiger partial charge is 0.362 e. The van der Waals surface area contributed by atoms with Crippen LogP contribution in [0, 0.1) is 0 Å². The number of hydrogen-bond acceptors (Lipinski definition) is 4. The lowest BCUT2D eigenvalue weighted by molar-refractivity contribution is -0.222. The fourth-order valence-electron chi connectivity index (χ4n) is 2.54. The number of Topliss-reactive ketones (excluding diaryl/α,β-unsaturated/α-hetero) is 1. The van der Waals surface area contributed by atoms with Crippen LogP contribution in [0.5, 0.6) is 0 Å². The third-order valence-electron chi connectivity index (χ3n) is 3.77. The molecule has 0 N–H and O–H groups in total. The summed E-state index contributed by atoms with van der Waals surface area (Å²) in [4.78, 5) is 11.9. The van der Waals surface area contributed by atoms with E-state index in [1.54, 1.807) is 0 Å². The molecule has 0 aliphatic heterocycles. The molecule has 0 atom stereocenters. The molecule has 0 saturated heterocycles. The van der Waals surface area contributed by atoms with E-state index in [2.05, 4.69) is 4.74 Å². The van der Waals surface area contributed by atoms with Crippen LogP contribution < -0.4 is 0 Å². The van der Waals surface area contributed by atoms with Crippen molar-refractivity contribution >= 4 is 38.8 Å². The number of rotatable bonds is 8. The van der Waals surface area contributed by atoms with Crippen molar-refractivity contribution in [3.63, 3.8) is 0 Å². The second-order valence-corrected chi connectivity index (χ2v) is 8.81. The van der Waals surface area contributed by atoms with E-state index in [4.69, 9.17) is 23.2 Å². The minimum atomic E-state index is -4.16. The van der Waals surface area contributed by atoms with Crippen LogP contribution in [0.4, 0.5) is 8.78 Å². The zero-order valence-corrected chi connectivity index (χ0v) is 16.5. The minimum Gasteiger partial charge on any atom is -0.323 e. The molecule has 0 radical (unpaired) electrons. The first-order valence-corrected chi connectivity index (χ1v) is 10.2. The Morgan fingerprint density at radius 1 is 1.00 bits per heavy atom. The van der Waals surface area contributed by atoms with Crippen LogP contribution in [0.15, 0.2) is 48.5 Å². The standard InChI is InChI=1S/C18H16Cl2F2O4S/c1-26-18(21,22)10-16(23)11-27(24,25)17(12-2-6-14(19)7-3-12)13-4-8-15(20)9-5-13/h2-9,17H,10-11H2,1H3. The van der Waals surface area contributed by atoms with Gasteiger partial charge < -0.3 is 4.74 Å². The molecule has 0 fully saturated rings. The zero-order chi connectivity index (χ0) is 20.2. The number of ketones is 1. The molecule has 0 aliphatic carbocycles. The summed E-state index contributed by atoms with van der Waals surface area (Å²) in [6.07, 6.45) is -5.04. The predicted octanol–water partition coefficient (Wildman–Crippen LogP) is 4.70. The Hall–Kier alpha value is -1.54. The highest BCUT2D eigenvalue weighted by Gasteiger charge is 2.36. The molecule has 2 aromatic rings. The van der Waals surface area contributed by atoms with Gasteiger partial charge in [-0.3, -0.25) is 4.79 Å². The van der Waals surface area contributed by atoms with Crippen LogP contribution in [0.3, 0.4) is 0 Å². The summed E-state index contributed by atoms with van der Waals surface area (Å²) in [5, 5.41) is -0.421. The van der Waals surface area contributed by atoms with E-state index in [1.165, 1.54) is 48.5 Å². The summed E-state index contributed by atoms with van der Waals surface area (Å²) in [6, 6.07) is 12.1. The molecule has 0 saturated carbocycles. The molecule has 9 heteroatoms. The van der Waals surface area contributed by atoms with Crippen LogP contribution >= 0.6 is 23.2 Å². The van der Waals surface area contributed by atoms with Gasteiger partial charge in [-0.1, -0.05) is 47.5 Å². The fraction of sp³-hybridized carbons (Fsp3) is 0.278. The van der Waals surface area contributed by atoms with Crippen molar-refractivity contribution in [3.8, 4) is 0 Å². The Morgan fingerprint density at radius 2 is 1.41 bits per heavy atom. The second kappa shape index (κ2) is 8.65. The first-order valence-electron chi connectivity index (χ1n) is 7.71. The van der Waals surface area contributed by atoms with Crippen molar-refractivity contribution in [2.24, 2.45) is 0 Å². The van der Waals surface area contributed by atoms with Crippen LogP contribution in [-0.4, -0.2) is 33.2 Å². The predicted molar refractivity (Wildman–Crippen MR) is 100 cm³/mol. The Balaban J connectivity index is 2.41. The highest BCUT2D eigenvalue weighted by atomic mass is 35.5. The maximum Gasteiger partial charge on any atom is 0.362 e. The second-order valence-electron chi connectivity index (χ2n) is 5.85. The molecule has 0 bridgehead atoms. The molecule has 4 nitrogen and oxygen atoms in total. The van der Waals surface area contributed by atoms with E-state index in [-0.39, 0.29) is 0 Å². The smallest absolute Gasteiger partial charge is 0.323 e. The molecule has 2 aromatic carbocycles. The molecule has 27 heavy (non-hydrogen) atoms. The van der Waals surface area contributed by atoms with Gasteiger partial charge in [0.1, 0.15) is 11.0 Å². The molecule has 0 aliphatic rings. The summed E-state index contributed by atoms with van der Waals surface area (Å²) < 4.78 is 56.2. The molecule has 0 aromatic heterocycles. The van der Waals surface area contributed by atoms with Gasteiger partial charge in [0.05, 0.1) is 6.42 Å². The van der Waals surface area contributed by atoms with E-state index >= 15 is 0 Å². The Labute approximate surface area is 166 Å². The van der Waals surface area contributed by atoms with Crippen LogP contribution in [0.1, 0.15) is 22.8 Å². The summed E-state index contributed by atoms with van der Waals surface area (Å²) in [5.74, 6) is -2.20. The summed E-state index contributed by atoms with van der Waals surface area (Å²) in [7, 11) is -3.42. The Morgan fingerprint density at radius 3 is 1.78 bits per heavy atom. The van der Waals surface area contributed by atoms with E-state index < -0.39 is 39.2 Å². The van der Waals surface area contributed by atoms with Gasteiger partial charge in [0.25, 0.3) is 0 Å². The lowest BCUT2D eigenvalue weighted by Crippen LogP contribution is -2.29. The van der Waals surface area contributed by atoms with Gasteiger partial charge in [0.2, 0.25) is 0 Å². The van der Waals surface area contributed by atoms with Crippen molar-refractivity contribution in [2.45, 2.75) is 17.8 Å². The lowest BCUT2D eigenvalue weighted by atomic mass is 10.0. The number of alkyl halides is 2. The number of carbonyl (C=O) groups excluding carboxylic acids is 1. The van der Waals surface area contributed by atoms with Crippen molar-refractivity contribution in [3.05, 3.63) is 69.7 Å². The quantitative estimate of drug-likeness (QED) is 0.601. The van der Waals surface area contributed by atoms with E-state index in [0.29, 0.717) is 21.2 Å². The Kier molecular flexibility index (Phi) is 6.97. The number of sulfone groups is 1. The van der Waals surface area contributed by atoms with Gasteiger partial charge in [-0.15, -0.1) is 0 Å². The molecule has 0 unspecified atom stereocenters. The van der Waals surface area contributed by atoms with E-state index in [9.17, 15) is 22.0 Å². The molecular formula is C18H16Cl2F2O4S. The summed E-state index contributed by atoms with van der Waals surface area (Å²) in [6.45, 7) is 0. The average molecular weight is 437 g/mol. The third kappa shape index (κ3) is 5.97. The fourth-order valence-corrected chi connectivity index (χ4v) is 4.66. The number of hydrogen-bond donors (Lipinski definition) is 0. The summed E-state index contributed by atoms with van der Waals surface area (Å²) >= 11 is 11.7. The minimum absolute atomic E-state index is 0.355. The van der Waals surface area contributed by atoms with Gasteiger partial charge in [-0.05, 0) is 35.4 Å². The van der Waals surface area contributed by atoms with Gasteiger partial charge in [0.15, 0.2) is 15.6 Å². The number of carbonyl (C=O) groups is 1. The lowest BCUT2D eigenvalue weighted by Gasteiger charge is -2.19. The summed E-state index contributed by atoms with van der Waals surface area (Å²) in [5.41, 5.74) is 0.709. The molecule has 2 rings (SSSR count). The van der Waals surface area contributed by atoms with E-state index in [1.807, 2.05) is 0 Å². The molecular weight excluding hydrogens is 421 g/mol. The van der Waals surface area contributed by atoms with E-state index in [0.717, 1.165) is 7.11 Å². The highest BCUT2D eigenvalue weighted by Crippen LogP contribution is 2.33. The normalized spacial score (nSPS) is 12.4. The number of ether oxygens (including phenoxy) is 1. The van der Waals surface area contributed by atoms with Gasteiger partial charge >= 0.3 is 6.11 Å². The maximum absolute atomic E-state index is 13.2. The SMILES string of the molecule is COC(F)(F)CC(=O)CS(=O)(=O)C(c1ccc(Cl)cc1)c1ccc(Cl)cc1. The van der Waals surface area contributed by atoms with Crippen molar-refractivity contribution in [2.75, 3.05) is 12.9 Å². The van der Waals surface area contributed by atoms with Crippen LogP contribution in [0.25, 0.3) is 0 Å². The topological polar surface area (TPSA) is 60.4 Å². The average Bonchev–Trinajstić information content (AvgIpc) is 2.57. The molecule has 0 spiro atoms. The zero-order valence-electron chi connectivity index (χ0n) is 14.2. The molecule has 146 valence electrons. The monoisotopic (exact) mass is 436 g/mol. The van der Waals surface area contributed by atoms with Crippen molar-refractivity contribution in [1.82, 2.24) is 0 Å². The van der Waals surface area contributed by atoms with Crippen LogP contribution in [-0.2, 0) is 19.4 Å². The number of halogens is 4. The van der Waals surface area contributed by atoms with Crippen molar-refractivity contribution in [1.29, 1.82) is 0 Å². The maximum atomic E-state index is 13.2. The Bertz CT molecular complexity index is 852. The van der Waals surface area contributed by atoms with Gasteiger partial charge in [-0.25, -0.2) is 8.42 Å². The first kappa shape index (κ1) is 21.8. The van der Waals surface area contributed by atoms with Gasteiger partial charge in [0, 0.05) is 17.2 Å². The molecule has 0 amide bonds. The molecule has 0 heterocycles. The highest BCUT2D eigenvalue weighted by molar-refractivity contribution is 7.92. The number of benzene rings is 2.